The molecule has 0 aliphatic carbocycles. The summed E-state index contributed by atoms with van der Waals surface area (Å²) in [5.41, 5.74) is 1.50. The molecule has 5 nitrogen and oxygen atoms in total. The Labute approximate surface area is 155 Å². The smallest absolute Gasteiger partial charge is 0.336 e. The Morgan fingerprint density at radius 2 is 2.15 bits per heavy atom. The van der Waals surface area contributed by atoms with E-state index in [1.54, 1.807) is 19.1 Å². The fourth-order valence-corrected chi connectivity index (χ4v) is 3.43. The Morgan fingerprint density at radius 1 is 1.41 bits per heavy atom. The topological polar surface area (TPSA) is 59.8 Å². The van der Waals surface area contributed by atoms with Gasteiger partial charge in [-0.1, -0.05) is 13.3 Å². The maximum absolute atomic E-state index is 13.3. The number of halogens is 2. The zero-order valence-electron chi connectivity index (χ0n) is 15.7. The lowest BCUT2D eigenvalue weighted by Crippen LogP contribution is -2.40. The predicted molar refractivity (Wildman–Crippen MR) is 97.5 cm³/mol. The summed E-state index contributed by atoms with van der Waals surface area (Å²) in [6.45, 7) is 4.75. The Balaban J connectivity index is 1.86. The Morgan fingerprint density at radius 3 is 2.78 bits per heavy atom. The number of likely N-dealkylation sites (tertiary alicyclic amines) is 1. The largest absolute Gasteiger partial charge is 0.480 e. The van der Waals surface area contributed by atoms with Crippen molar-refractivity contribution in [3.63, 3.8) is 0 Å². The lowest BCUT2D eigenvalue weighted by molar-refractivity contribution is -0.138. The summed E-state index contributed by atoms with van der Waals surface area (Å²) in [7, 11) is 0. The van der Waals surface area contributed by atoms with Gasteiger partial charge in [0.1, 0.15) is 11.3 Å². The first-order valence-electron chi connectivity index (χ1n) is 9.11. The summed E-state index contributed by atoms with van der Waals surface area (Å²) in [6.07, 6.45) is 0.397. The van der Waals surface area contributed by atoms with Crippen LogP contribution in [0.25, 0.3) is 11.0 Å². The van der Waals surface area contributed by atoms with Gasteiger partial charge in [-0.15, -0.1) is 0 Å². The number of fused-ring (bicyclic) bond motifs is 1. The summed E-state index contributed by atoms with van der Waals surface area (Å²) < 4.78 is 37.8. The van der Waals surface area contributed by atoms with Crippen LogP contribution in [0.1, 0.15) is 37.8 Å². The molecule has 3 rings (SSSR count). The number of benzene rings is 1. The van der Waals surface area contributed by atoms with Gasteiger partial charge in [0.25, 0.3) is 11.8 Å². The Kier molecular flexibility index (Phi) is 5.22. The van der Waals surface area contributed by atoms with Crippen LogP contribution in [0, 0.1) is 6.92 Å². The molecule has 7 heteroatoms. The Hall–Kier alpha value is -2.44. The third-order valence-corrected chi connectivity index (χ3v) is 4.85. The van der Waals surface area contributed by atoms with Gasteiger partial charge in [-0.25, -0.2) is 13.6 Å². The molecule has 1 aromatic carbocycles. The number of amides is 1. The highest BCUT2D eigenvalue weighted by Gasteiger charge is 2.41. The van der Waals surface area contributed by atoms with E-state index in [1.165, 1.54) is 13.0 Å². The van der Waals surface area contributed by atoms with Gasteiger partial charge in [0.2, 0.25) is 0 Å². The molecule has 146 valence electrons. The number of nitrogens with zero attached hydrogens (tertiary/aromatic N) is 1. The van der Waals surface area contributed by atoms with Crippen molar-refractivity contribution < 1.29 is 22.7 Å². The van der Waals surface area contributed by atoms with E-state index in [1.807, 2.05) is 6.92 Å². The highest BCUT2D eigenvalue weighted by atomic mass is 19.3. The van der Waals surface area contributed by atoms with Crippen molar-refractivity contribution in [1.82, 2.24) is 4.90 Å². The molecule has 27 heavy (non-hydrogen) atoms. The second-order valence-corrected chi connectivity index (χ2v) is 7.03. The quantitative estimate of drug-likeness (QED) is 0.744. The molecule has 0 saturated carbocycles. The molecule has 0 spiro atoms. The number of carbonyl (C=O) groups excluding carboxylic acids is 1. The monoisotopic (exact) mass is 379 g/mol. The zero-order chi connectivity index (χ0) is 19.8. The normalized spacial score (nSPS) is 17.3. The van der Waals surface area contributed by atoms with Crippen LogP contribution < -0.4 is 10.4 Å². The highest BCUT2D eigenvalue weighted by Crippen LogP contribution is 2.31. The van der Waals surface area contributed by atoms with E-state index in [9.17, 15) is 18.4 Å². The van der Waals surface area contributed by atoms with Gasteiger partial charge in [0.15, 0.2) is 6.10 Å². The molecule has 0 bridgehead atoms. The average molecular weight is 379 g/mol. The van der Waals surface area contributed by atoms with Crippen molar-refractivity contribution in [1.29, 1.82) is 0 Å². The molecule has 1 aliphatic rings. The van der Waals surface area contributed by atoms with Crippen molar-refractivity contribution >= 4 is 16.9 Å². The minimum atomic E-state index is -2.84. The van der Waals surface area contributed by atoms with Crippen LogP contribution in [0.5, 0.6) is 5.75 Å². The molecular weight excluding hydrogens is 356 g/mol. The lowest BCUT2D eigenvalue weighted by Gasteiger charge is -2.22. The maximum Gasteiger partial charge on any atom is 0.336 e. The summed E-state index contributed by atoms with van der Waals surface area (Å²) in [5, 5.41) is 0.833. The number of hydrogen-bond acceptors (Lipinski definition) is 4. The van der Waals surface area contributed by atoms with Crippen LogP contribution in [-0.4, -0.2) is 35.9 Å². The van der Waals surface area contributed by atoms with Crippen LogP contribution in [0.2, 0.25) is 0 Å². The van der Waals surface area contributed by atoms with Gasteiger partial charge in [-0.05, 0) is 38.0 Å². The van der Waals surface area contributed by atoms with Crippen molar-refractivity contribution in [2.45, 2.75) is 52.1 Å². The van der Waals surface area contributed by atoms with Crippen LogP contribution in [0.4, 0.5) is 8.78 Å². The standard InChI is InChI=1S/C20H23F2NO4/c1-4-5-14-10-17(24)27-18-12(2)16(7-6-15(14)18)26-13(3)19(25)23-9-8-20(21,22)11-23/h6-7,10,13H,4-5,8-9,11H2,1-3H3. The van der Waals surface area contributed by atoms with Gasteiger partial charge in [0, 0.05) is 30.0 Å². The zero-order valence-corrected chi connectivity index (χ0v) is 15.7. The fraction of sp³-hybridized carbons (Fsp3) is 0.500. The minimum Gasteiger partial charge on any atom is -0.480 e. The summed E-state index contributed by atoms with van der Waals surface area (Å²) in [4.78, 5) is 25.4. The average Bonchev–Trinajstić information content (AvgIpc) is 2.97. The molecule has 1 amide bonds. The van der Waals surface area contributed by atoms with Crippen LogP contribution in [-0.2, 0) is 11.2 Å². The van der Waals surface area contributed by atoms with Crippen molar-refractivity contribution in [3.05, 3.63) is 39.7 Å². The van der Waals surface area contributed by atoms with E-state index in [0.29, 0.717) is 16.9 Å². The van der Waals surface area contributed by atoms with Gasteiger partial charge in [0.05, 0.1) is 6.54 Å². The first-order valence-corrected chi connectivity index (χ1v) is 9.11. The minimum absolute atomic E-state index is 0.0193. The van der Waals surface area contributed by atoms with E-state index in [4.69, 9.17) is 9.15 Å². The fourth-order valence-electron chi connectivity index (χ4n) is 3.43. The number of hydrogen-bond donors (Lipinski definition) is 0. The summed E-state index contributed by atoms with van der Waals surface area (Å²) >= 11 is 0. The number of rotatable bonds is 5. The van der Waals surface area contributed by atoms with Crippen LogP contribution in [0.15, 0.2) is 27.4 Å². The van der Waals surface area contributed by atoms with Crippen LogP contribution in [0.3, 0.4) is 0 Å². The van der Waals surface area contributed by atoms with Crippen LogP contribution >= 0.6 is 0 Å². The Bertz CT molecular complexity index is 922. The molecule has 1 aliphatic heterocycles. The molecule has 0 radical (unpaired) electrons. The predicted octanol–water partition coefficient (Wildman–Crippen LogP) is 3.69. The molecule has 0 N–H and O–H groups in total. The van der Waals surface area contributed by atoms with Gasteiger partial charge >= 0.3 is 5.63 Å². The van der Waals surface area contributed by atoms with Crippen molar-refractivity contribution in [3.8, 4) is 5.75 Å². The first-order chi connectivity index (χ1) is 12.7. The SMILES string of the molecule is CCCc1cc(=O)oc2c(C)c(OC(C)C(=O)N3CCC(F)(F)C3)ccc12. The molecule has 1 fully saturated rings. The summed E-state index contributed by atoms with van der Waals surface area (Å²) in [6, 6.07) is 5.01. The maximum atomic E-state index is 13.3. The second kappa shape index (κ2) is 7.29. The molecular formula is C20H23F2NO4. The van der Waals surface area contributed by atoms with E-state index >= 15 is 0 Å². The number of carbonyl (C=O) groups is 1. The van der Waals surface area contributed by atoms with Crippen molar-refractivity contribution in [2.24, 2.45) is 0 Å². The number of alkyl halides is 2. The molecule has 1 unspecified atom stereocenters. The van der Waals surface area contributed by atoms with Gasteiger partial charge < -0.3 is 14.1 Å². The number of aryl methyl sites for hydroxylation is 2. The van der Waals surface area contributed by atoms with Gasteiger partial charge in [-0.2, -0.15) is 0 Å². The molecule has 1 atom stereocenters. The van der Waals surface area contributed by atoms with E-state index in [0.717, 1.165) is 28.7 Å². The summed E-state index contributed by atoms with van der Waals surface area (Å²) in [5.74, 6) is -2.92. The third kappa shape index (κ3) is 3.96. The molecule has 2 heterocycles. The first kappa shape index (κ1) is 19.3. The van der Waals surface area contributed by atoms with Crippen molar-refractivity contribution in [2.75, 3.05) is 13.1 Å². The second-order valence-electron chi connectivity index (χ2n) is 7.03. The van der Waals surface area contributed by atoms with Gasteiger partial charge in [-0.3, -0.25) is 4.79 Å². The van der Waals surface area contributed by atoms with E-state index < -0.39 is 30.1 Å². The third-order valence-electron chi connectivity index (χ3n) is 4.85. The van der Waals surface area contributed by atoms with E-state index in [-0.39, 0.29) is 13.0 Å². The number of ether oxygens (including phenoxy) is 1. The molecule has 1 saturated heterocycles. The van der Waals surface area contributed by atoms with E-state index in [2.05, 4.69) is 0 Å². The molecule has 1 aromatic heterocycles. The highest BCUT2D eigenvalue weighted by molar-refractivity contribution is 5.85. The molecule has 2 aromatic rings. The lowest BCUT2D eigenvalue weighted by atomic mass is 10.0.